The van der Waals surface area contributed by atoms with Crippen LogP contribution >= 0.6 is 0 Å². The van der Waals surface area contributed by atoms with Crippen molar-refractivity contribution in [2.75, 3.05) is 0 Å². The Kier molecular flexibility index (Phi) is 2.85. The zero-order chi connectivity index (χ0) is 22.2. The summed E-state index contributed by atoms with van der Waals surface area (Å²) >= 11 is 0. The van der Waals surface area contributed by atoms with E-state index in [2.05, 4.69) is 5.32 Å². The summed E-state index contributed by atoms with van der Waals surface area (Å²) in [6.45, 7) is 0. The lowest BCUT2D eigenvalue weighted by Gasteiger charge is -2.19. The largest absolute Gasteiger partial charge is 0.481 e. The van der Waals surface area contributed by atoms with Gasteiger partial charge < -0.3 is 19.0 Å². The Hall–Kier alpha value is -4.17. The van der Waals surface area contributed by atoms with Crippen LogP contribution in [0.3, 0.4) is 0 Å². The molecule has 5 aromatic rings. The molecule has 8 heteroatoms. The molecule has 8 nitrogen and oxygen atoms in total. The van der Waals surface area contributed by atoms with Crippen molar-refractivity contribution in [3.05, 3.63) is 59.7 Å². The SMILES string of the molecule is O=C1NC(=O)c2c1c1c3ccccc3n3c1c1c2c2ccccc2n1[C@@H]1O[C@H]3C[C@H]1C(=O)O. The van der Waals surface area contributed by atoms with E-state index in [0.717, 1.165) is 32.8 Å². The summed E-state index contributed by atoms with van der Waals surface area (Å²) in [5.74, 6) is -2.50. The second-order valence-electron chi connectivity index (χ2n) is 8.92. The normalized spacial score (nSPS) is 23.2. The number of imide groups is 1. The first-order valence-electron chi connectivity index (χ1n) is 10.8. The number of aliphatic carboxylic acids is 1. The molecule has 3 aliphatic rings. The van der Waals surface area contributed by atoms with Crippen molar-refractivity contribution in [2.45, 2.75) is 18.9 Å². The fourth-order valence-electron chi connectivity index (χ4n) is 6.27. The number of hydrogen-bond donors (Lipinski definition) is 2. The summed E-state index contributed by atoms with van der Waals surface area (Å²) in [6, 6.07) is 15.3. The van der Waals surface area contributed by atoms with Gasteiger partial charge in [0.05, 0.1) is 33.2 Å². The van der Waals surface area contributed by atoms with Crippen LogP contribution in [0.5, 0.6) is 0 Å². The van der Waals surface area contributed by atoms with Crippen molar-refractivity contribution in [2.24, 2.45) is 5.92 Å². The fourth-order valence-corrected chi connectivity index (χ4v) is 6.27. The number of amides is 2. The van der Waals surface area contributed by atoms with Crippen molar-refractivity contribution in [1.82, 2.24) is 14.5 Å². The third-order valence-electron chi connectivity index (χ3n) is 7.43. The van der Waals surface area contributed by atoms with Crippen LogP contribution in [0.4, 0.5) is 0 Å². The Morgan fingerprint density at radius 2 is 1.42 bits per heavy atom. The molecule has 33 heavy (non-hydrogen) atoms. The van der Waals surface area contributed by atoms with Crippen LogP contribution in [0.2, 0.25) is 0 Å². The van der Waals surface area contributed by atoms with E-state index in [-0.39, 0.29) is 0 Å². The predicted molar refractivity (Wildman–Crippen MR) is 119 cm³/mol. The second-order valence-corrected chi connectivity index (χ2v) is 8.92. The Balaban J connectivity index is 1.76. The topological polar surface area (TPSA) is 103 Å². The van der Waals surface area contributed by atoms with Gasteiger partial charge in [0.25, 0.3) is 11.8 Å². The van der Waals surface area contributed by atoms with Crippen LogP contribution in [0.15, 0.2) is 48.5 Å². The average molecular weight is 437 g/mol. The first-order valence-corrected chi connectivity index (χ1v) is 10.8. The van der Waals surface area contributed by atoms with E-state index < -0.39 is 36.2 Å². The summed E-state index contributed by atoms with van der Waals surface area (Å²) in [5, 5.41) is 15.6. The van der Waals surface area contributed by atoms with E-state index in [9.17, 15) is 19.5 Å². The first-order chi connectivity index (χ1) is 16.1. The van der Waals surface area contributed by atoms with Gasteiger partial charge in [-0.2, -0.15) is 0 Å². The number of hydrogen-bond acceptors (Lipinski definition) is 4. The van der Waals surface area contributed by atoms with Crippen LogP contribution in [0.1, 0.15) is 39.6 Å². The smallest absolute Gasteiger partial charge is 0.311 e. The Morgan fingerprint density at radius 1 is 0.879 bits per heavy atom. The van der Waals surface area contributed by atoms with Gasteiger partial charge in [-0.1, -0.05) is 36.4 Å². The van der Waals surface area contributed by atoms with Gasteiger partial charge in [-0.3, -0.25) is 19.7 Å². The number of fused-ring (bicyclic) bond motifs is 13. The Labute approximate surface area is 184 Å². The van der Waals surface area contributed by atoms with E-state index in [4.69, 9.17) is 4.74 Å². The minimum absolute atomic E-state index is 0.309. The molecule has 0 radical (unpaired) electrons. The lowest BCUT2D eigenvalue weighted by atomic mass is 9.96. The van der Waals surface area contributed by atoms with Crippen molar-refractivity contribution in [3.63, 3.8) is 0 Å². The molecule has 2 bridgehead atoms. The van der Waals surface area contributed by atoms with Crippen molar-refractivity contribution < 1.29 is 24.2 Å². The van der Waals surface area contributed by atoms with E-state index in [1.165, 1.54) is 0 Å². The summed E-state index contributed by atoms with van der Waals surface area (Å²) in [4.78, 5) is 38.4. The minimum Gasteiger partial charge on any atom is -0.481 e. The van der Waals surface area contributed by atoms with E-state index in [1.807, 2.05) is 57.7 Å². The number of carbonyl (C=O) groups is 3. The Morgan fingerprint density at radius 3 is 2.03 bits per heavy atom. The second kappa shape index (κ2) is 5.41. The van der Waals surface area contributed by atoms with Gasteiger partial charge in [0, 0.05) is 28.0 Å². The number of carboxylic acid groups (broad SMARTS) is 1. The van der Waals surface area contributed by atoms with E-state index >= 15 is 0 Å². The molecule has 1 saturated heterocycles. The zero-order valence-corrected chi connectivity index (χ0v) is 17.0. The maximum absolute atomic E-state index is 13.1. The molecule has 0 unspecified atom stereocenters. The lowest BCUT2D eigenvalue weighted by molar-refractivity contribution is -0.145. The number of rotatable bonds is 1. The van der Waals surface area contributed by atoms with Gasteiger partial charge in [0.15, 0.2) is 6.23 Å². The van der Waals surface area contributed by atoms with Crippen LogP contribution in [0.25, 0.3) is 43.6 Å². The van der Waals surface area contributed by atoms with Gasteiger partial charge in [0.2, 0.25) is 0 Å². The molecule has 5 heterocycles. The molecule has 0 spiro atoms. The van der Waals surface area contributed by atoms with Crippen LogP contribution in [0, 0.1) is 5.92 Å². The molecule has 0 aliphatic carbocycles. The molecule has 160 valence electrons. The highest BCUT2D eigenvalue weighted by Crippen LogP contribution is 2.53. The van der Waals surface area contributed by atoms with Gasteiger partial charge >= 0.3 is 5.97 Å². The summed E-state index contributed by atoms with van der Waals surface area (Å²) in [7, 11) is 0. The average Bonchev–Trinajstić information content (AvgIpc) is 3.50. The van der Waals surface area contributed by atoms with Gasteiger partial charge in [-0.05, 0) is 12.1 Å². The van der Waals surface area contributed by atoms with Crippen LogP contribution in [-0.2, 0) is 9.53 Å². The molecular weight excluding hydrogens is 422 g/mol. The maximum Gasteiger partial charge on any atom is 0.311 e. The van der Waals surface area contributed by atoms with Gasteiger partial charge in [-0.15, -0.1) is 0 Å². The molecule has 3 atom stereocenters. The third-order valence-corrected chi connectivity index (χ3v) is 7.43. The highest BCUT2D eigenvalue weighted by atomic mass is 16.5. The van der Waals surface area contributed by atoms with Crippen molar-refractivity contribution in [1.29, 1.82) is 0 Å². The predicted octanol–water partition coefficient (Wildman–Crippen LogP) is 3.92. The standard InChI is InChI=1S/C25H15N3O5/c29-22-18-16-10-5-1-3-7-13(10)27-15-9-12(25(31)32)24(33-15)28-14-8-4-2-6-11(14)17(21(28)20(16)27)19(18)23(30)26-22/h1-8,12,15,24H,9H2,(H,31,32)(H,26,29,30)/t12-,15+,24-/m1/s1. The molecular formula is C25H15N3O5. The number of ether oxygens (including phenoxy) is 1. The summed E-state index contributed by atoms with van der Waals surface area (Å²) < 4.78 is 10.4. The van der Waals surface area contributed by atoms with Crippen LogP contribution < -0.4 is 5.32 Å². The van der Waals surface area contributed by atoms with E-state index in [1.54, 1.807) is 0 Å². The third kappa shape index (κ3) is 1.79. The quantitative estimate of drug-likeness (QED) is 0.387. The number of para-hydroxylation sites is 2. The molecule has 0 saturated carbocycles. The highest BCUT2D eigenvalue weighted by molar-refractivity contribution is 6.39. The maximum atomic E-state index is 13.1. The number of aromatic nitrogens is 2. The molecule has 3 aliphatic heterocycles. The van der Waals surface area contributed by atoms with Crippen molar-refractivity contribution in [3.8, 4) is 0 Å². The minimum atomic E-state index is -0.918. The highest BCUT2D eigenvalue weighted by Gasteiger charge is 2.48. The Bertz CT molecular complexity index is 1790. The fraction of sp³-hybridized carbons (Fsp3) is 0.160. The molecule has 2 N–H and O–H groups in total. The van der Waals surface area contributed by atoms with Gasteiger partial charge in [0.1, 0.15) is 12.1 Å². The monoisotopic (exact) mass is 437 g/mol. The number of carboxylic acids is 1. The van der Waals surface area contributed by atoms with E-state index in [0.29, 0.717) is 28.3 Å². The zero-order valence-electron chi connectivity index (χ0n) is 17.0. The molecule has 1 fully saturated rings. The molecule has 2 amide bonds. The van der Waals surface area contributed by atoms with Gasteiger partial charge in [-0.25, -0.2) is 0 Å². The number of benzene rings is 3. The first kappa shape index (κ1) is 17.4. The molecule has 2 aromatic heterocycles. The summed E-state index contributed by atoms with van der Waals surface area (Å²) in [5.41, 5.74) is 3.91. The number of nitrogens with zero attached hydrogens (tertiary/aromatic N) is 2. The number of carbonyl (C=O) groups excluding carboxylic acids is 2. The summed E-state index contributed by atoms with van der Waals surface area (Å²) in [6.07, 6.45) is -0.919. The lowest BCUT2D eigenvalue weighted by Crippen LogP contribution is -2.22. The van der Waals surface area contributed by atoms with Crippen molar-refractivity contribution >= 4 is 61.4 Å². The van der Waals surface area contributed by atoms with Crippen LogP contribution in [-0.4, -0.2) is 32.0 Å². The molecule has 8 rings (SSSR count). The molecule has 3 aromatic carbocycles. The number of nitrogens with one attached hydrogen (secondary N) is 1.